The summed E-state index contributed by atoms with van der Waals surface area (Å²) in [5, 5.41) is 7.45. The second-order valence-corrected chi connectivity index (χ2v) is 4.98. The average molecular weight is 254 g/mol. The Balaban J connectivity index is 2.09. The minimum Gasteiger partial charge on any atom is -0.337 e. The number of aromatic nitrogens is 2. The van der Waals surface area contributed by atoms with Gasteiger partial charge in [0.2, 0.25) is 0 Å². The second kappa shape index (κ2) is 5.45. The van der Waals surface area contributed by atoms with Gasteiger partial charge in [0.25, 0.3) is 5.91 Å². The van der Waals surface area contributed by atoms with E-state index in [-0.39, 0.29) is 17.3 Å². The van der Waals surface area contributed by atoms with Crippen LogP contribution in [0.5, 0.6) is 0 Å². The van der Waals surface area contributed by atoms with Crippen LogP contribution in [-0.2, 0) is 0 Å². The number of carbonyl (C=O) groups is 1. The molecule has 0 spiro atoms. The van der Waals surface area contributed by atoms with Gasteiger partial charge in [-0.1, -0.05) is 12.8 Å². The van der Waals surface area contributed by atoms with Crippen molar-refractivity contribution in [2.24, 2.45) is 0 Å². The molecule has 2 rings (SSSR count). The first-order valence-electron chi connectivity index (χ1n) is 5.88. The van der Waals surface area contributed by atoms with Gasteiger partial charge in [-0.15, -0.1) is 11.6 Å². The largest absolute Gasteiger partial charge is 0.337 e. The van der Waals surface area contributed by atoms with Gasteiger partial charge < -0.3 is 4.90 Å². The van der Waals surface area contributed by atoms with Crippen molar-refractivity contribution in [1.82, 2.24) is 15.1 Å². The SMILES string of the molecule is CN(C(=O)c1ccnnc1)C1CCCCC1Cl. The molecule has 0 aliphatic heterocycles. The summed E-state index contributed by atoms with van der Waals surface area (Å²) in [4.78, 5) is 13.9. The van der Waals surface area contributed by atoms with Crippen LogP contribution in [0.2, 0.25) is 0 Å². The highest BCUT2D eigenvalue weighted by atomic mass is 35.5. The summed E-state index contributed by atoms with van der Waals surface area (Å²) in [6.45, 7) is 0. The van der Waals surface area contributed by atoms with E-state index in [2.05, 4.69) is 10.2 Å². The maximum Gasteiger partial charge on any atom is 0.255 e. The van der Waals surface area contributed by atoms with Crippen molar-refractivity contribution >= 4 is 17.5 Å². The Hall–Kier alpha value is -1.16. The van der Waals surface area contributed by atoms with Crippen molar-refractivity contribution < 1.29 is 4.79 Å². The van der Waals surface area contributed by atoms with E-state index >= 15 is 0 Å². The maximum atomic E-state index is 12.2. The Kier molecular flexibility index (Phi) is 3.94. The fourth-order valence-electron chi connectivity index (χ4n) is 2.27. The predicted octanol–water partition coefficient (Wildman–Crippen LogP) is 2.10. The monoisotopic (exact) mass is 253 g/mol. The van der Waals surface area contributed by atoms with Gasteiger partial charge >= 0.3 is 0 Å². The molecule has 1 aromatic rings. The summed E-state index contributed by atoms with van der Waals surface area (Å²) in [5.41, 5.74) is 0.567. The Labute approximate surface area is 106 Å². The predicted molar refractivity (Wildman–Crippen MR) is 66.0 cm³/mol. The quantitative estimate of drug-likeness (QED) is 0.759. The molecule has 17 heavy (non-hydrogen) atoms. The second-order valence-electron chi connectivity index (χ2n) is 4.41. The molecule has 0 aromatic carbocycles. The third-order valence-electron chi connectivity index (χ3n) is 3.30. The Bertz CT molecular complexity index is 385. The molecule has 1 aliphatic rings. The van der Waals surface area contributed by atoms with Crippen molar-refractivity contribution in [3.05, 3.63) is 24.0 Å². The van der Waals surface area contributed by atoms with Crippen LogP contribution in [0.4, 0.5) is 0 Å². The van der Waals surface area contributed by atoms with E-state index in [4.69, 9.17) is 11.6 Å². The number of hydrogen-bond donors (Lipinski definition) is 0. The lowest BCUT2D eigenvalue weighted by Gasteiger charge is -2.34. The molecule has 1 fully saturated rings. The van der Waals surface area contributed by atoms with Crippen molar-refractivity contribution in [3.63, 3.8) is 0 Å². The molecule has 0 radical (unpaired) electrons. The smallest absolute Gasteiger partial charge is 0.255 e. The summed E-state index contributed by atoms with van der Waals surface area (Å²) in [6, 6.07) is 1.81. The Morgan fingerprint density at radius 2 is 2.18 bits per heavy atom. The zero-order valence-electron chi connectivity index (χ0n) is 9.84. The molecule has 2 atom stereocenters. The summed E-state index contributed by atoms with van der Waals surface area (Å²) in [6.07, 6.45) is 7.28. The molecule has 92 valence electrons. The summed E-state index contributed by atoms with van der Waals surface area (Å²) >= 11 is 6.29. The van der Waals surface area contributed by atoms with Gasteiger partial charge in [-0.2, -0.15) is 10.2 Å². The van der Waals surface area contributed by atoms with Gasteiger partial charge in [-0.25, -0.2) is 0 Å². The van der Waals surface area contributed by atoms with Gasteiger partial charge in [0.05, 0.1) is 23.3 Å². The summed E-state index contributed by atoms with van der Waals surface area (Å²) in [7, 11) is 1.81. The highest BCUT2D eigenvalue weighted by molar-refractivity contribution is 6.21. The number of carbonyl (C=O) groups excluding carboxylic acids is 1. The molecular weight excluding hydrogens is 238 g/mol. The number of nitrogens with zero attached hydrogens (tertiary/aromatic N) is 3. The number of rotatable bonds is 2. The molecule has 5 heteroatoms. The zero-order chi connectivity index (χ0) is 12.3. The van der Waals surface area contributed by atoms with Gasteiger partial charge in [0.15, 0.2) is 0 Å². The normalized spacial score (nSPS) is 24.4. The van der Waals surface area contributed by atoms with Crippen LogP contribution in [0.3, 0.4) is 0 Å². The molecule has 1 aliphatic carbocycles. The first kappa shape index (κ1) is 12.3. The molecule has 1 saturated carbocycles. The number of halogens is 1. The minimum absolute atomic E-state index is 0.0301. The first-order valence-corrected chi connectivity index (χ1v) is 6.31. The van der Waals surface area contributed by atoms with Gasteiger partial charge in [0.1, 0.15) is 0 Å². The van der Waals surface area contributed by atoms with E-state index in [9.17, 15) is 4.79 Å². The standard InChI is InChI=1S/C12H16ClN3O/c1-16(11-5-3-2-4-10(11)13)12(17)9-6-7-14-15-8-9/h6-8,10-11H,2-5H2,1H3. The van der Waals surface area contributed by atoms with Crippen molar-refractivity contribution in [1.29, 1.82) is 0 Å². The van der Waals surface area contributed by atoms with Crippen LogP contribution in [0.15, 0.2) is 18.5 Å². The summed E-state index contributed by atoms with van der Waals surface area (Å²) in [5.74, 6) is -0.0301. The van der Waals surface area contributed by atoms with Crippen molar-refractivity contribution in [2.75, 3.05) is 7.05 Å². The lowest BCUT2D eigenvalue weighted by atomic mass is 9.93. The number of hydrogen-bond acceptors (Lipinski definition) is 3. The van der Waals surface area contributed by atoms with E-state index in [0.29, 0.717) is 5.56 Å². The lowest BCUT2D eigenvalue weighted by Crippen LogP contribution is -2.44. The topological polar surface area (TPSA) is 46.1 Å². The molecule has 0 N–H and O–H groups in total. The maximum absolute atomic E-state index is 12.2. The van der Waals surface area contributed by atoms with E-state index in [1.165, 1.54) is 12.4 Å². The average Bonchev–Trinajstić information content (AvgIpc) is 2.39. The number of amides is 1. The third kappa shape index (κ3) is 2.75. The van der Waals surface area contributed by atoms with Gasteiger partial charge in [0, 0.05) is 13.1 Å². The van der Waals surface area contributed by atoms with E-state index in [0.717, 1.165) is 25.7 Å². The highest BCUT2D eigenvalue weighted by Crippen LogP contribution is 2.27. The molecule has 2 unspecified atom stereocenters. The molecular formula is C12H16ClN3O. The summed E-state index contributed by atoms with van der Waals surface area (Å²) < 4.78 is 0. The molecule has 4 nitrogen and oxygen atoms in total. The van der Waals surface area contributed by atoms with Crippen LogP contribution >= 0.6 is 11.6 Å². The Morgan fingerprint density at radius 1 is 1.41 bits per heavy atom. The highest BCUT2D eigenvalue weighted by Gasteiger charge is 2.29. The van der Waals surface area contributed by atoms with E-state index in [1.807, 2.05) is 7.05 Å². The molecule has 1 aromatic heterocycles. The fraction of sp³-hybridized carbons (Fsp3) is 0.583. The fourth-order valence-corrected chi connectivity index (χ4v) is 2.72. The van der Waals surface area contributed by atoms with Crippen molar-refractivity contribution in [2.45, 2.75) is 37.1 Å². The van der Waals surface area contributed by atoms with Gasteiger partial charge in [-0.05, 0) is 18.9 Å². The number of alkyl halides is 1. The zero-order valence-corrected chi connectivity index (χ0v) is 10.6. The van der Waals surface area contributed by atoms with Crippen molar-refractivity contribution in [3.8, 4) is 0 Å². The van der Waals surface area contributed by atoms with Gasteiger partial charge in [-0.3, -0.25) is 4.79 Å². The Morgan fingerprint density at radius 3 is 2.82 bits per heavy atom. The van der Waals surface area contributed by atoms with Crippen LogP contribution < -0.4 is 0 Å². The molecule has 1 heterocycles. The van der Waals surface area contributed by atoms with Crippen LogP contribution in [-0.4, -0.2) is 39.5 Å². The molecule has 1 amide bonds. The molecule has 0 bridgehead atoms. The van der Waals surface area contributed by atoms with E-state index < -0.39 is 0 Å². The molecule has 0 saturated heterocycles. The van der Waals surface area contributed by atoms with Crippen LogP contribution in [0, 0.1) is 0 Å². The minimum atomic E-state index is -0.0301. The lowest BCUT2D eigenvalue weighted by molar-refractivity contribution is 0.0699. The van der Waals surface area contributed by atoms with Crippen LogP contribution in [0.25, 0.3) is 0 Å². The third-order valence-corrected chi connectivity index (χ3v) is 3.81. The van der Waals surface area contributed by atoms with Crippen LogP contribution in [0.1, 0.15) is 36.0 Å². The van der Waals surface area contributed by atoms with E-state index in [1.54, 1.807) is 11.0 Å². The first-order chi connectivity index (χ1) is 8.20.